The van der Waals surface area contributed by atoms with Gasteiger partial charge in [-0.15, -0.1) is 0 Å². The van der Waals surface area contributed by atoms with Gasteiger partial charge in [0.1, 0.15) is 0 Å². The summed E-state index contributed by atoms with van der Waals surface area (Å²) in [6.07, 6.45) is 0. The molecule has 4 heteroatoms. The zero-order chi connectivity index (χ0) is 14.7. The molecule has 3 nitrogen and oxygen atoms in total. The van der Waals surface area contributed by atoms with E-state index in [-0.39, 0.29) is 0 Å². The van der Waals surface area contributed by atoms with Gasteiger partial charge in [0, 0.05) is 16.7 Å². The molecule has 0 saturated heterocycles. The second kappa shape index (κ2) is 6.09. The number of rotatable bonds is 4. The molecular weight excluding hydrogens is 318 g/mol. The van der Waals surface area contributed by atoms with E-state index < -0.39 is 5.97 Å². The molecule has 0 unspecified atom stereocenters. The average Bonchev–Trinajstić information content (AvgIpc) is 2.38. The summed E-state index contributed by atoms with van der Waals surface area (Å²) >= 11 is 3.48. The van der Waals surface area contributed by atoms with Crippen LogP contribution in [0.1, 0.15) is 27.0 Å². The van der Waals surface area contributed by atoms with E-state index in [0.29, 0.717) is 12.1 Å². The van der Waals surface area contributed by atoms with Gasteiger partial charge in [0.05, 0.1) is 5.56 Å². The van der Waals surface area contributed by atoms with Gasteiger partial charge < -0.3 is 10.4 Å². The SMILES string of the molecule is Cc1cc(Br)cc(C)c1NCc1ccc(C(=O)O)cc1. The summed E-state index contributed by atoms with van der Waals surface area (Å²) in [5.41, 5.74) is 4.84. The van der Waals surface area contributed by atoms with Gasteiger partial charge in [-0.25, -0.2) is 4.79 Å². The number of hydrogen-bond acceptors (Lipinski definition) is 2. The van der Waals surface area contributed by atoms with Crippen LogP contribution in [0.15, 0.2) is 40.9 Å². The molecule has 0 aliphatic carbocycles. The third-order valence-electron chi connectivity index (χ3n) is 3.17. The molecule has 2 N–H and O–H groups in total. The van der Waals surface area contributed by atoms with Crippen LogP contribution in [0.5, 0.6) is 0 Å². The molecule has 0 aromatic heterocycles. The van der Waals surface area contributed by atoms with Crippen LogP contribution in [0.4, 0.5) is 5.69 Å². The van der Waals surface area contributed by atoms with Crippen molar-refractivity contribution in [2.45, 2.75) is 20.4 Å². The number of carbonyl (C=O) groups is 1. The molecule has 0 atom stereocenters. The highest BCUT2D eigenvalue weighted by Crippen LogP contribution is 2.25. The molecule has 2 aromatic carbocycles. The number of carboxylic acids is 1. The second-order valence-corrected chi connectivity index (χ2v) is 5.69. The summed E-state index contributed by atoms with van der Waals surface area (Å²) in [7, 11) is 0. The molecule has 0 heterocycles. The quantitative estimate of drug-likeness (QED) is 0.873. The van der Waals surface area contributed by atoms with Crippen LogP contribution in [0.3, 0.4) is 0 Å². The fourth-order valence-electron chi connectivity index (χ4n) is 2.15. The Labute approximate surface area is 126 Å². The Balaban J connectivity index is 2.11. The maximum Gasteiger partial charge on any atom is 0.335 e. The lowest BCUT2D eigenvalue weighted by Gasteiger charge is -2.13. The Morgan fingerprint density at radius 1 is 1.15 bits per heavy atom. The van der Waals surface area contributed by atoms with E-state index in [1.807, 2.05) is 12.1 Å². The third kappa shape index (κ3) is 3.39. The molecule has 0 aliphatic heterocycles. The summed E-state index contributed by atoms with van der Waals surface area (Å²) in [4.78, 5) is 10.8. The van der Waals surface area contributed by atoms with Crippen molar-refractivity contribution in [3.8, 4) is 0 Å². The van der Waals surface area contributed by atoms with Gasteiger partial charge in [0.15, 0.2) is 0 Å². The number of benzene rings is 2. The average molecular weight is 334 g/mol. The van der Waals surface area contributed by atoms with Crippen LogP contribution in [0, 0.1) is 13.8 Å². The van der Waals surface area contributed by atoms with Crippen LogP contribution in [0.25, 0.3) is 0 Å². The van der Waals surface area contributed by atoms with Gasteiger partial charge in [0.25, 0.3) is 0 Å². The molecule has 0 amide bonds. The van der Waals surface area contributed by atoms with Crippen LogP contribution < -0.4 is 5.32 Å². The molecule has 0 radical (unpaired) electrons. The standard InChI is InChI=1S/C16H16BrNO2/c1-10-7-14(17)8-11(2)15(10)18-9-12-3-5-13(6-4-12)16(19)20/h3-8,18H,9H2,1-2H3,(H,19,20). The predicted molar refractivity (Wildman–Crippen MR) is 84.3 cm³/mol. The fraction of sp³-hybridized carbons (Fsp3) is 0.188. The van der Waals surface area contributed by atoms with Crippen molar-refractivity contribution < 1.29 is 9.90 Å². The smallest absolute Gasteiger partial charge is 0.335 e. The summed E-state index contributed by atoms with van der Waals surface area (Å²) in [5.74, 6) is -0.899. The number of halogens is 1. The van der Waals surface area contributed by atoms with Gasteiger partial charge in [-0.1, -0.05) is 28.1 Å². The zero-order valence-corrected chi connectivity index (χ0v) is 13.0. The highest BCUT2D eigenvalue weighted by molar-refractivity contribution is 9.10. The van der Waals surface area contributed by atoms with Crippen LogP contribution in [-0.4, -0.2) is 11.1 Å². The molecule has 2 aromatic rings. The first kappa shape index (κ1) is 14.6. The highest BCUT2D eigenvalue weighted by atomic mass is 79.9. The van der Waals surface area contributed by atoms with Crippen molar-refractivity contribution in [1.29, 1.82) is 0 Å². The van der Waals surface area contributed by atoms with Crippen molar-refractivity contribution in [2.24, 2.45) is 0 Å². The number of aryl methyl sites for hydroxylation is 2. The maximum atomic E-state index is 10.8. The molecule has 0 saturated carbocycles. The number of anilines is 1. The molecule has 104 valence electrons. The van der Waals surface area contributed by atoms with Gasteiger partial charge in [-0.05, 0) is 54.8 Å². The topological polar surface area (TPSA) is 49.3 Å². The van der Waals surface area contributed by atoms with Crippen LogP contribution in [-0.2, 0) is 6.54 Å². The Morgan fingerprint density at radius 3 is 2.20 bits per heavy atom. The van der Waals surface area contributed by atoms with Gasteiger partial charge in [-0.3, -0.25) is 0 Å². The van der Waals surface area contributed by atoms with Crippen molar-refractivity contribution in [3.63, 3.8) is 0 Å². The first-order valence-corrected chi connectivity index (χ1v) is 7.09. The maximum absolute atomic E-state index is 10.8. The highest BCUT2D eigenvalue weighted by Gasteiger charge is 2.05. The van der Waals surface area contributed by atoms with Crippen molar-refractivity contribution in [2.75, 3.05) is 5.32 Å². The number of nitrogens with one attached hydrogen (secondary N) is 1. The minimum atomic E-state index is -0.899. The summed E-state index contributed by atoms with van der Waals surface area (Å²) in [5, 5.41) is 12.3. The number of carboxylic acid groups (broad SMARTS) is 1. The first-order valence-electron chi connectivity index (χ1n) is 6.30. The molecular formula is C16H16BrNO2. The van der Waals surface area contributed by atoms with Crippen molar-refractivity contribution >= 4 is 27.6 Å². The van der Waals surface area contributed by atoms with E-state index in [4.69, 9.17) is 5.11 Å². The fourth-order valence-corrected chi connectivity index (χ4v) is 2.83. The Morgan fingerprint density at radius 2 is 1.70 bits per heavy atom. The predicted octanol–water partition coefficient (Wildman–Crippen LogP) is 4.38. The Bertz CT molecular complexity index is 612. The Kier molecular flexibility index (Phi) is 4.45. The lowest BCUT2D eigenvalue weighted by atomic mass is 10.1. The van der Waals surface area contributed by atoms with E-state index in [1.54, 1.807) is 12.1 Å². The number of aromatic carboxylic acids is 1. The van der Waals surface area contributed by atoms with E-state index in [2.05, 4.69) is 47.2 Å². The van der Waals surface area contributed by atoms with E-state index in [1.165, 1.54) is 11.1 Å². The molecule has 0 fully saturated rings. The lowest BCUT2D eigenvalue weighted by molar-refractivity contribution is 0.0697. The Hall–Kier alpha value is -1.81. The summed E-state index contributed by atoms with van der Waals surface area (Å²) in [6, 6.07) is 11.1. The minimum Gasteiger partial charge on any atom is -0.478 e. The molecule has 0 spiro atoms. The summed E-state index contributed by atoms with van der Waals surface area (Å²) < 4.78 is 1.07. The minimum absolute atomic E-state index is 0.310. The molecule has 0 bridgehead atoms. The van der Waals surface area contributed by atoms with E-state index in [9.17, 15) is 4.79 Å². The third-order valence-corrected chi connectivity index (χ3v) is 3.63. The van der Waals surface area contributed by atoms with E-state index >= 15 is 0 Å². The largest absolute Gasteiger partial charge is 0.478 e. The summed E-state index contributed by atoms with van der Waals surface area (Å²) in [6.45, 7) is 4.80. The normalized spacial score (nSPS) is 10.3. The van der Waals surface area contributed by atoms with Gasteiger partial charge in [-0.2, -0.15) is 0 Å². The first-order chi connectivity index (χ1) is 9.47. The lowest BCUT2D eigenvalue weighted by Crippen LogP contribution is -2.04. The molecule has 2 rings (SSSR count). The van der Waals surface area contributed by atoms with Crippen molar-refractivity contribution in [1.82, 2.24) is 0 Å². The second-order valence-electron chi connectivity index (χ2n) is 4.77. The zero-order valence-electron chi connectivity index (χ0n) is 11.4. The number of hydrogen-bond donors (Lipinski definition) is 2. The molecule has 20 heavy (non-hydrogen) atoms. The van der Waals surface area contributed by atoms with Gasteiger partial charge in [0.2, 0.25) is 0 Å². The van der Waals surface area contributed by atoms with Crippen molar-refractivity contribution in [3.05, 3.63) is 63.1 Å². The van der Waals surface area contributed by atoms with E-state index in [0.717, 1.165) is 15.7 Å². The van der Waals surface area contributed by atoms with Crippen LogP contribution >= 0.6 is 15.9 Å². The monoisotopic (exact) mass is 333 g/mol. The van der Waals surface area contributed by atoms with Crippen LogP contribution in [0.2, 0.25) is 0 Å². The van der Waals surface area contributed by atoms with Gasteiger partial charge >= 0.3 is 5.97 Å². The molecule has 0 aliphatic rings.